The number of ether oxygens (including phenoxy) is 2. The molecule has 2 aromatic heterocycles. The molecule has 1 amide bonds. The van der Waals surface area contributed by atoms with Gasteiger partial charge in [0.15, 0.2) is 11.0 Å². The third-order valence-corrected chi connectivity index (χ3v) is 5.72. The van der Waals surface area contributed by atoms with E-state index in [9.17, 15) is 4.79 Å². The van der Waals surface area contributed by atoms with Crippen LogP contribution >= 0.6 is 11.8 Å². The SMILES string of the molecule is COc1ccc(-c2nnc(SCC(=O)NN=Cc3ccc(C)o3)n2-c2ccc(OC)cc2)cc1. The van der Waals surface area contributed by atoms with Gasteiger partial charge in [-0.05, 0) is 67.6 Å². The van der Waals surface area contributed by atoms with Crippen LogP contribution in [0.25, 0.3) is 17.1 Å². The van der Waals surface area contributed by atoms with Gasteiger partial charge in [-0.3, -0.25) is 9.36 Å². The van der Waals surface area contributed by atoms with Gasteiger partial charge in [-0.2, -0.15) is 5.10 Å². The first kappa shape index (κ1) is 23.1. The molecule has 0 saturated carbocycles. The van der Waals surface area contributed by atoms with Gasteiger partial charge in [-0.15, -0.1) is 10.2 Å². The van der Waals surface area contributed by atoms with Gasteiger partial charge in [0, 0.05) is 11.3 Å². The highest BCUT2D eigenvalue weighted by Crippen LogP contribution is 2.29. The van der Waals surface area contributed by atoms with E-state index < -0.39 is 0 Å². The molecule has 0 spiro atoms. The van der Waals surface area contributed by atoms with Gasteiger partial charge >= 0.3 is 0 Å². The van der Waals surface area contributed by atoms with Crippen molar-refractivity contribution in [1.82, 2.24) is 20.2 Å². The highest BCUT2D eigenvalue weighted by atomic mass is 32.2. The number of hydrogen-bond acceptors (Lipinski definition) is 8. The Hall–Kier alpha value is -4.05. The van der Waals surface area contributed by atoms with E-state index in [1.54, 1.807) is 20.3 Å². The van der Waals surface area contributed by atoms with Gasteiger partial charge in [0.1, 0.15) is 23.0 Å². The lowest BCUT2D eigenvalue weighted by Gasteiger charge is -2.11. The maximum Gasteiger partial charge on any atom is 0.250 e. The van der Waals surface area contributed by atoms with E-state index in [1.165, 1.54) is 18.0 Å². The molecule has 2 aromatic carbocycles. The van der Waals surface area contributed by atoms with Gasteiger partial charge in [-0.1, -0.05) is 11.8 Å². The van der Waals surface area contributed by atoms with Gasteiger partial charge in [-0.25, -0.2) is 5.43 Å². The molecule has 0 aliphatic rings. The molecule has 9 nitrogen and oxygen atoms in total. The van der Waals surface area contributed by atoms with Crippen LogP contribution in [0.4, 0.5) is 0 Å². The largest absolute Gasteiger partial charge is 0.497 e. The zero-order chi connectivity index (χ0) is 23.9. The third-order valence-electron chi connectivity index (χ3n) is 4.79. The summed E-state index contributed by atoms with van der Waals surface area (Å²) in [6.45, 7) is 1.84. The number of thioether (sulfide) groups is 1. The molecule has 0 radical (unpaired) electrons. The maximum atomic E-state index is 12.3. The zero-order valence-electron chi connectivity index (χ0n) is 18.9. The lowest BCUT2D eigenvalue weighted by atomic mass is 10.2. The molecule has 0 fully saturated rings. The molecule has 34 heavy (non-hydrogen) atoms. The number of methoxy groups -OCH3 is 2. The van der Waals surface area contributed by atoms with E-state index in [4.69, 9.17) is 13.9 Å². The Labute approximate surface area is 200 Å². The van der Waals surface area contributed by atoms with Crippen LogP contribution in [0.1, 0.15) is 11.5 Å². The molecule has 0 saturated heterocycles. The molecule has 1 N–H and O–H groups in total. The Balaban J connectivity index is 1.54. The van der Waals surface area contributed by atoms with Crippen molar-refractivity contribution in [1.29, 1.82) is 0 Å². The van der Waals surface area contributed by atoms with Crippen molar-refractivity contribution in [3.05, 3.63) is 72.2 Å². The molecule has 0 bridgehead atoms. The summed E-state index contributed by atoms with van der Waals surface area (Å²) in [4.78, 5) is 12.3. The summed E-state index contributed by atoms with van der Waals surface area (Å²) in [7, 11) is 3.24. The van der Waals surface area contributed by atoms with Crippen LogP contribution in [0.2, 0.25) is 0 Å². The van der Waals surface area contributed by atoms with Gasteiger partial charge in [0.25, 0.3) is 5.91 Å². The Kier molecular flexibility index (Phi) is 7.28. The van der Waals surface area contributed by atoms with Crippen LogP contribution in [-0.4, -0.2) is 46.9 Å². The van der Waals surface area contributed by atoms with E-state index in [0.29, 0.717) is 16.7 Å². The standard InChI is InChI=1S/C24H23N5O4S/c1-16-4-9-21(33-16)14-25-26-22(30)15-34-24-28-27-23(17-5-10-19(31-2)11-6-17)29(24)18-7-12-20(32-3)13-8-18/h4-14H,15H2,1-3H3,(H,26,30). The quantitative estimate of drug-likeness (QED) is 0.220. The smallest absolute Gasteiger partial charge is 0.250 e. The number of hydrogen-bond donors (Lipinski definition) is 1. The van der Waals surface area contributed by atoms with Crippen molar-refractivity contribution >= 4 is 23.9 Å². The number of nitrogens with one attached hydrogen (secondary N) is 1. The lowest BCUT2D eigenvalue weighted by molar-refractivity contribution is -0.118. The Morgan fingerprint density at radius 2 is 1.71 bits per heavy atom. The second-order valence-corrected chi connectivity index (χ2v) is 8.04. The van der Waals surface area contributed by atoms with Crippen LogP contribution < -0.4 is 14.9 Å². The first-order chi connectivity index (χ1) is 16.6. The summed E-state index contributed by atoms with van der Waals surface area (Å²) in [5.41, 5.74) is 4.20. The monoisotopic (exact) mass is 477 g/mol. The highest BCUT2D eigenvalue weighted by molar-refractivity contribution is 7.99. The molecule has 174 valence electrons. The average molecular weight is 478 g/mol. The molecule has 0 atom stereocenters. The fraction of sp³-hybridized carbons (Fsp3) is 0.167. The molecule has 0 aliphatic carbocycles. The van der Waals surface area contributed by atoms with Crippen molar-refractivity contribution < 1.29 is 18.7 Å². The Bertz CT molecular complexity index is 1280. The fourth-order valence-corrected chi connectivity index (χ4v) is 3.85. The van der Waals surface area contributed by atoms with Crippen molar-refractivity contribution in [2.75, 3.05) is 20.0 Å². The van der Waals surface area contributed by atoms with E-state index in [-0.39, 0.29) is 11.7 Å². The molecule has 10 heteroatoms. The van der Waals surface area contributed by atoms with Gasteiger partial charge in [0.2, 0.25) is 0 Å². The molecular weight excluding hydrogens is 454 g/mol. The average Bonchev–Trinajstić information content (AvgIpc) is 3.49. The van der Waals surface area contributed by atoms with Crippen molar-refractivity contribution in [2.45, 2.75) is 12.1 Å². The second kappa shape index (κ2) is 10.7. The summed E-state index contributed by atoms with van der Waals surface area (Å²) in [5.74, 6) is 3.28. The van der Waals surface area contributed by atoms with Crippen LogP contribution in [0.15, 0.2) is 75.3 Å². The number of carbonyl (C=O) groups excluding carboxylic acids is 1. The van der Waals surface area contributed by atoms with Gasteiger partial charge in [0.05, 0.1) is 26.2 Å². The van der Waals surface area contributed by atoms with Crippen LogP contribution in [-0.2, 0) is 4.79 Å². The minimum absolute atomic E-state index is 0.103. The number of hydrazone groups is 1. The molecule has 4 aromatic rings. The van der Waals surface area contributed by atoms with E-state index in [1.807, 2.05) is 66.1 Å². The van der Waals surface area contributed by atoms with Gasteiger partial charge < -0.3 is 13.9 Å². The van der Waals surface area contributed by atoms with E-state index in [2.05, 4.69) is 20.7 Å². The fourth-order valence-electron chi connectivity index (χ4n) is 3.11. The second-order valence-electron chi connectivity index (χ2n) is 7.10. The number of benzene rings is 2. The highest BCUT2D eigenvalue weighted by Gasteiger charge is 2.17. The molecule has 2 heterocycles. The summed E-state index contributed by atoms with van der Waals surface area (Å²) in [6, 6.07) is 18.7. The number of nitrogens with zero attached hydrogens (tertiary/aromatic N) is 4. The van der Waals surface area contributed by atoms with E-state index in [0.717, 1.165) is 28.5 Å². The Morgan fingerprint density at radius 1 is 1.03 bits per heavy atom. The zero-order valence-corrected chi connectivity index (χ0v) is 19.7. The summed E-state index contributed by atoms with van der Waals surface area (Å²) in [5, 5.41) is 13.2. The molecular formula is C24H23N5O4S. The summed E-state index contributed by atoms with van der Waals surface area (Å²) < 4.78 is 17.8. The van der Waals surface area contributed by atoms with Crippen molar-refractivity contribution in [2.24, 2.45) is 5.10 Å². The molecule has 0 aliphatic heterocycles. The third kappa shape index (κ3) is 5.46. The summed E-state index contributed by atoms with van der Waals surface area (Å²) in [6.07, 6.45) is 1.46. The van der Waals surface area contributed by atoms with Crippen molar-refractivity contribution in [3.63, 3.8) is 0 Å². The van der Waals surface area contributed by atoms with Crippen LogP contribution in [0.3, 0.4) is 0 Å². The number of furan rings is 1. The maximum absolute atomic E-state index is 12.3. The lowest BCUT2D eigenvalue weighted by Crippen LogP contribution is -2.19. The normalized spacial score (nSPS) is 11.0. The summed E-state index contributed by atoms with van der Waals surface area (Å²) >= 11 is 1.26. The molecule has 4 rings (SSSR count). The van der Waals surface area contributed by atoms with E-state index >= 15 is 0 Å². The number of aromatic nitrogens is 3. The van der Waals surface area contributed by atoms with Crippen molar-refractivity contribution in [3.8, 4) is 28.6 Å². The Morgan fingerprint density at radius 3 is 2.32 bits per heavy atom. The number of rotatable bonds is 9. The number of aryl methyl sites for hydroxylation is 1. The number of carbonyl (C=O) groups is 1. The number of amides is 1. The first-order valence-electron chi connectivity index (χ1n) is 10.3. The first-order valence-corrected chi connectivity index (χ1v) is 11.3. The van der Waals surface area contributed by atoms with Crippen LogP contribution in [0.5, 0.6) is 11.5 Å². The predicted molar refractivity (Wildman–Crippen MR) is 130 cm³/mol. The predicted octanol–water partition coefficient (Wildman–Crippen LogP) is 4.10. The topological polar surface area (TPSA) is 104 Å². The van der Waals surface area contributed by atoms with Crippen LogP contribution in [0, 0.1) is 6.92 Å². The minimum Gasteiger partial charge on any atom is -0.497 e. The molecule has 0 unspecified atom stereocenters. The minimum atomic E-state index is -0.278.